The van der Waals surface area contributed by atoms with Crippen molar-refractivity contribution in [2.24, 2.45) is 11.8 Å². The average molecular weight is 272 g/mol. The number of aliphatic hydroxyl groups excluding tert-OH is 1. The Kier molecular flexibility index (Phi) is 7.48. The zero-order valence-corrected chi connectivity index (χ0v) is 11.6. The van der Waals surface area contributed by atoms with Crippen LogP contribution < -0.4 is 0 Å². The zero-order valence-electron chi connectivity index (χ0n) is 11.6. The summed E-state index contributed by atoms with van der Waals surface area (Å²) in [6, 6.07) is 0. The molecular formula is C14H24O5. The Bertz CT molecular complexity index is 282. The summed E-state index contributed by atoms with van der Waals surface area (Å²) in [5.74, 6) is -0.590. The van der Waals surface area contributed by atoms with Crippen LogP contribution in [0.1, 0.15) is 45.4 Å². The average Bonchev–Trinajstić information content (AvgIpc) is 2.45. The summed E-state index contributed by atoms with van der Waals surface area (Å²) in [7, 11) is 0. The van der Waals surface area contributed by atoms with Crippen molar-refractivity contribution in [2.45, 2.75) is 45.4 Å². The van der Waals surface area contributed by atoms with Crippen molar-refractivity contribution in [1.82, 2.24) is 0 Å². The van der Waals surface area contributed by atoms with Gasteiger partial charge in [-0.05, 0) is 32.1 Å². The third-order valence-corrected chi connectivity index (χ3v) is 3.47. The lowest BCUT2D eigenvalue weighted by molar-refractivity contribution is -0.155. The number of ether oxygens (including phenoxy) is 2. The second-order valence-corrected chi connectivity index (χ2v) is 4.96. The zero-order chi connectivity index (χ0) is 14.1. The van der Waals surface area contributed by atoms with E-state index < -0.39 is 0 Å². The fourth-order valence-electron chi connectivity index (χ4n) is 2.26. The maximum Gasteiger partial charge on any atom is 0.309 e. The Hall–Kier alpha value is -1.10. The summed E-state index contributed by atoms with van der Waals surface area (Å²) in [6.07, 6.45) is 4.61. The minimum absolute atomic E-state index is 0.0534. The van der Waals surface area contributed by atoms with E-state index in [0.29, 0.717) is 32.3 Å². The number of hydrogen-bond acceptors (Lipinski definition) is 5. The number of aliphatic hydroxyl groups is 1. The molecule has 0 aromatic heterocycles. The van der Waals surface area contributed by atoms with Crippen LogP contribution in [-0.4, -0.2) is 36.9 Å². The highest BCUT2D eigenvalue weighted by Crippen LogP contribution is 2.30. The topological polar surface area (TPSA) is 72.8 Å². The molecule has 0 bridgehead atoms. The van der Waals surface area contributed by atoms with Gasteiger partial charge in [-0.15, -0.1) is 0 Å². The first-order valence-corrected chi connectivity index (χ1v) is 7.13. The summed E-state index contributed by atoms with van der Waals surface area (Å²) in [5.41, 5.74) is 0. The van der Waals surface area contributed by atoms with E-state index in [9.17, 15) is 9.59 Å². The lowest BCUT2D eigenvalue weighted by Crippen LogP contribution is -2.28. The highest BCUT2D eigenvalue weighted by Gasteiger charge is 2.31. The maximum absolute atomic E-state index is 11.8. The molecule has 0 radical (unpaired) electrons. The first-order chi connectivity index (χ1) is 9.19. The van der Waals surface area contributed by atoms with Gasteiger partial charge in [-0.2, -0.15) is 0 Å². The van der Waals surface area contributed by atoms with Crippen LogP contribution in [0.15, 0.2) is 0 Å². The second kappa shape index (κ2) is 8.91. The summed E-state index contributed by atoms with van der Waals surface area (Å²) in [6.45, 7) is 2.45. The molecule has 0 atom stereocenters. The van der Waals surface area contributed by atoms with Gasteiger partial charge in [-0.25, -0.2) is 0 Å². The van der Waals surface area contributed by atoms with E-state index in [4.69, 9.17) is 14.6 Å². The molecule has 1 aliphatic rings. The van der Waals surface area contributed by atoms with E-state index in [1.165, 1.54) is 0 Å². The standard InChI is InChI=1S/C14H24O5/c1-2-3-9-18-13(16)11-4-6-12(7-5-11)14(17)19-10-8-15/h11-12,15H,2-10H2,1H3. The highest BCUT2D eigenvalue weighted by molar-refractivity contribution is 5.75. The van der Waals surface area contributed by atoms with Crippen LogP contribution in [-0.2, 0) is 19.1 Å². The van der Waals surface area contributed by atoms with Crippen LogP contribution in [0.3, 0.4) is 0 Å². The van der Waals surface area contributed by atoms with Crippen molar-refractivity contribution >= 4 is 11.9 Å². The Labute approximate surface area is 114 Å². The molecule has 0 aromatic rings. The van der Waals surface area contributed by atoms with Gasteiger partial charge in [0.05, 0.1) is 25.0 Å². The molecule has 0 spiro atoms. The molecule has 0 aliphatic heterocycles. The minimum atomic E-state index is -0.258. The van der Waals surface area contributed by atoms with Gasteiger partial charge in [0.2, 0.25) is 0 Å². The smallest absolute Gasteiger partial charge is 0.309 e. The van der Waals surface area contributed by atoms with Gasteiger partial charge in [0.25, 0.3) is 0 Å². The molecule has 19 heavy (non-hydrogen) atoms. The van der Waals surface area contributed by atoms with E-state index in [0.717, 1.165) is 12.8 Å². The van der Waals surface area contributed by atoms with Gasteiger partial charge in [0.15, 0.2) is 0 Å². The molecule has 0 aromatic carbocycles. The lowest BCUT2D eigenvalue weighted by atomic mass is 9.82. The Morgan fingerprint density at radius 3 is 1.89 bits per heavy atom. The monoisotopic (exact) mass is 272 g/mol. The molecule has 0 heterocycles. The normalized spacial score (nSPS) is 22.8. The predicted molar refractivity (Wildman–Crippen MR) is 69.4 cm³/mol. The van der Waals surface area contributed by atoms with Crippen LogP contribution in [0.4, 0.5) is 0 Å². The largest absolute Gasteiger partial charge is 0.465 e. The van der Waals surface area contributed by atoms with Crippen LogP contribution in [0.2, 0.25) is 0 Å². The number of esters is 2. The van der Waals surface area contributed by atoms with Gasteiger partial charge >= 0.3 is 11.9 Å². The van der Waals surface area contributed by atoms with Gasteiger partial charge in [0, 0.05) is 0 Å². The Morgan fingerprint density at radius 2 is 1.47 bits per heavy atom. The molecule has 1 N–H and O–H groups in total. The van der Waals surface area contributed by atoms with Crippen molar-refractivity contribution in [1.29, 1.82) is 0 Å². The molecule has 0 unspecified atom stereocenters. The molecule has 1 fully saturated rings. The van der Waals surface area contributed by atoms with E-state index in [1.54, 1.807) is 0 Å². The number of unbranched alkanes of at least 4 members (excludes halogenated alkanes) is 1. The lowest BCUT2D eigenvalue weighted by Gasteiger charge is -2.25. The predicted octanol–water partition coefficient (Wildman–Crippen LogP) is 1.67. The fourth-order valence-corrected chi connectivity index (χ4v) is 2.26. The molecular weight excluding hydrogens is 248 g/mol. The molecule has 1 rings (SSSR count). The van der Waals surface area contributed by atoms with Crippen LogP contribution in [0.5, 0.6) is 0 Å². The molecule has 0 saturated heterocycles. The molecule has 5 nitrogen and oxygen atoms in total. The van der Waals surface area contributed by atoms with E-state index in [-0.39, 0.29) is 37.0 Å². The number of hydrogen-bond donors (Lipinski definition) is 1. The van der Waals surface area contributed by atoms with Crippen LogP contribution in [0, 0.1) is 11.8 Å². The van der Waals surface area contributed by atoms with Crippen molar-refractivity contribution in [2.75, 3.05) is 19.8 Å². The van der Waals surface area contributed by atoms with Crippen molar-refractivity contribution < 1.29 is 24.2 Å². The molecule has 5 heteroatoms. The summed E-state index contributed by atoms with van der Waals surface area (Å²) < 4.78 is 10.1. The number of carbonyl (C=O) groups is 2. The molecule has 1 saturated carbocycles. The minimum Gasteiger partial charge on any atom is -0.465 e. The third kappa shape index (κ3) is 5.59. The highest BCUT2D eigenvalue weighted by atomic mass is 16.5. The van der Waals surface area contributed by atoms with Crippen molar-refractivity contribution in [3.63, 3.8) is 0 Å². The maximum atomic E-state index is 11.8. The molecule has 110 valence electrons. The van der Waals surface area contributed by atoms with Gasteiger partial charge in [0.1, 0.15) is 6.61 Å². The summed E-state index contributed by atoms with van der Waals surface area (Å²) in [4.78, 5) is 23.3. The van der Waals surface area contributed by atoms with Crippen LogP contribution >= 0.6 is 0 Å². The first-order valence-electron chi connectivity index (χ1n) is 7.13. The van der Waals surface area contributed by atoms with E-state index >= 15 is 0 Å². The summed E-state index contributed by atoms with van der Waals surface area (Å²) in [5, 5.41) is 8.59. The number of rotatable bonds is 7. The Balaban J connectivity index is 2.24. The SMILES string of the molecule is CCCCOC(=O)C1CCC(C(=O)OCCO)CC1. The Morgan fingerprint density at radius 1 is 1.00 bits per heavy atom. The van der Waals surface area contributed by atoms with E-state index in [2.05, 4.69) is 6.92 Å². The first kappa shape index (κ1) is 16.0. The fraction of sp³-hybridized carbons (Fsp3) is 0.857. The van der Waals surface area contributed by atoms with E-state index in [1.807, 2.05) is 0 Å². The quantitative estimate of drug-likeness (QED) is 0.564. The summed E-state index contributed by atoms with van der Waals surface area (Å²) >= 11 is 0. The van der Waals surface area contributed by atoms with Crippen molar-refractivity contribution in [3.8, 4) is 0 Å². The molecule has 0 amide bonds. The number of carbonyl (C=O) groups excluding carboxylic acids is 2. The molecule has 1 aliphatic carbocycles. The van der Waals surface area contributed by atoms with Gasteiger partial charge in [-0.3, -0.25) is 9.59 Å². The van der Waals surface area contributed by atoms with Crippen LogP contribution in [0.25, 0.3) is 0 Å². The third-order valence-electron chi connectivity index (χ3n) is 3.47. The second-order valence-electron chi connectivity index (χ2n) is 4.96. The van der Waals surface area contributed by atoms with Gasteiger partial charge in [-0.1, -0.05) is 13.3 Å². The van der Waals surface area contributed by atoms with Gasteiger partial charge < -0.3 is 14.6 Å². The van der Waals surface area contributed by atoms with Crippen molar-refractivity contribution in [3.05, 3.63) is 0 Å².